The maximum atomic E-state index is 12.6. The summed E-state index contributed by atoms with van der Waals surface area (Å²) in [5.41, 5.74) is 1.21. The fourth-order valence-corrected chi connectivity index (χ4v) is 5.82. The average molecular weight is 336 g/mol. The first-order valence-electron chi connectivity index (χ1n) is 9.11. The minimum Gasteiger partial charge on any atom is -0.208 e. The number of fused-ring (bicyclic) bond motifs is 2. The molecule has 4 unspecified atom stereocenters. The third kappa shape index (κ3) is 3.80. The molecule has 3 rings (SSSR count). The van der Waals surface area contributed by atoms with E-state index in [1.807, 2.05) is 19.1 Å². The molecule has 3 nitrogen and oxygen atoms in total. The van der Waals surface area contributed by atoms with Crippen LogP contribution in [-0.4, -0.2) is 14.5 Å². The lowest BCUT2D eigenvalue weighted by molar-refractivity contribution is 0.280. The Labute approximate surface area is 140 Å². The average Bonchev–Trinajstić information content (AvgIpc) is 3.16. The predicted octanol–water partition coefficient (Wildman–Crippen LogP) is 4.13. The molecule has 1 N–H and O–H groups in total. The van der Waals surface area contributed by atoms with Gasteiger partial charge in [-0.3, -0.25) is 0 Å². The Morgan fingerprint density at radius 1 is 1.17 bits per heavy atom. The molecule has 128 valence electrons. The lowest BCUT2D eigenvalue weighted by atomic mass is 9.84. The van der Waals surface area contributed by atoms with Gasteiger partial charge in [0, 0.05) is 6.04 Å². The maximum absolute atomic E-state index is 12.6. The van der Waals surface area contributed by atoms with Gasteiger partial charge in [-0.1, -0.05) is 31.9 Å². The number of hydrogen-bond acceptors (Lipinski definition) is 2. The van der Waals surface area contributed by atoms with Crippen LogP contribution in [0.25, 0.3) is 0 Å². The van der Waals surface area contributed by atoms with Crippen LogP contribution in [0, 0.1) is 17.8 Å². The molecule has 4 heteroatoms. The quantitative estimate of drug-likeness (QED) is 0.814. The minimum atomic E-state index is -3.40. The molecule has 1 aromatic carbocycles. The third-order valence-corrected chi connectivity index (χ3v) is 7.40. The van der Waals surface area contributed by atoms with Crippen LogP contribution >= 0.6 is 0 Å². The van der Waals surface area contributed by atoms with E-state index in [-0.39, 0.29) is 6.04 Å². The molecular formula is C19H29NO2S. The van der Waals surface area contributed by atoms with Crippen molar-refractivity contribution in [1.29, 1.82) is 0 Å². The van der Waals surface area contributed by atoms with Crippen LogP contribution in [0.3, 0.4) is 0 Å². The molecule has 0 aromatic heterocycles. The minimum absolute atomic E-state index is 0.0371. The molecule has 1 aromatic rings. The van der Waals surface area contributed by atoms with Gasteiger partial charge in [-0.15, -0.1) is 0 Å². The molecule has 2 fully saturated rings. The van der Waals surface area contributed by atoms with Gasteiger partial charge in [-0.2, -0.15) is 0 Å². The summed E-state index contributed by atoms with van der Waals surface area (Å²) >= 11 is 0. The fraction of sp³-hybridized carbons (Fsp3) is 0.684. The van der Waals surface area contributed by atoms with Crippen molar-refractivity contribution >= 4 is 10.0 Å². The summed E-state index contributed by atoms with van der Waals surface area (Å²) in [6, 6.07) is 7.44. The molecule has 0 saturated heterocycles. The van der Waals surface area contributed by atoms with Crippen molar-refractivity contribution in [1.82, 2.24) is 4.72 Å². The van der Waals surface area contributed by atoms with E-state index < -0.39 is 10.0 Å². The summed E-state index contributed by atoms with van der Waals surface area (Å²) in [5.74, 6) is 2.09. The van der Waals surface area contributed by atoms with E-state index in [1.165, 1.54) is 31.2 Å². The van der Waals surface area contributed by atoms with Crippen LogP contribution in [0.4, 0.5) is 0 Å². The Balaban J connectivity index is 1.64. The van der Waals surface area contributed by atoms with Crippen LogP contribution < -0.4 is 4.72 Å². The van der Waals surface area contributed by atoms with E-state index in [9.17, 15) is 8.42 Å². The topological polar surface area (TPSA) is 46.2 Å². The van der Waals surface area contributed by atoms with E-state index in [2.05, 4.69) is 11.6 Å². The Hall–Kier alpha value is -0.870. The summed E-state index contributed by atoms with van der Waals surface area (Å²) in [5, 5.41) is 0. The molecule has 2 aliphatic rings. The van der Waals surface area contributed by atoms with Crippen LogP contribution in [0.5, 0.6) is 0 Å². The summed E-state index contributed by atoms with van der Waals surface area (Å²) in [4.78, 5) is 0.396. The lowest BCUT2D eigenvalue weighted by Crippen LogP contribution is -2.40. The van der Waals surface area contributed by atoms with Crippen molar-refractivity contribution in [3.05, 3.63) is 29.8 Å². The maximum Gasteiger partial charge on any atom is 0.240 e. The highest BCUT2D eigenvalue weighted by Gasteiger charge is 2.42. The van der Waals surface area contributed by atoms with Gasteiger partial charge < -0.3 is 0 Å². The standard InChI is InChI=1S/C19H29NO2S/c1-3-4-5-15-7-10-18(11-8-15)23(21,22)20-14(2)19-13-16-6-9-17(19)12-16/h7-8,10-11,14,16-17,19-20H,3-6,9,12-13H2,1-2H3. The highest BCUT2D eigenvalue weighted by molar-refractivity contribution is 7.89. The van der Waals surface area contributed by atoms with Gasteiger partial charge in [0.2, 0.25) is 10.0 Å². The van der Waals surface area contributed by atoms with Crippen molar-refractivity contribution < 1.29 is 8.42 Å². The Morgan fingerprint density at radius 3 is 2.48 bits per heavy atom. The lowest BCUT2D eigenvalue weighted by Gasteiger charge is -2.28. The summed E-state index contributed by atoms with van der Waals surface area (Å²) in [6.45, 7) is 4.21. The SMILES string of the molecule is CCCCc1ccc(S(=O)(=O)NC(C)C2CC3CCC2C3)cc1. The van der Waals surface area contributed by atoms with Crippen molar-refractivity contribution in [2.75, 3.05) is 0 Å². The monoisotopic (exact) mass is 335 g/mol. The summed E-state index contributed by atoms with van der Waals surface area (Å²) in [7, 11) is -3.40. The molecule has 2 aliphatic carbocycles. The van der Waals surface area contributed by atoms with E-state index in [4.69, 9.17) is 0 Å². The molecule has 0 spiro atoms. The van der Waals surface area contributed by atoms with E-state index in [0.717, 1.165) is 31.1 Å². The van der Waals surface area contributed by atoms with Gasteiger partial charge in [0.1, 0.15) is 0 Å². The highest BCUT2D eigenvalue weighted by Crippen LogP contribution is 2.49. The van der Waals surface area contributed by atoms with Crippen molar-refractivity contribution in [3.63, 3.8) is 0 Å². The first-order chi connectivity index (χ1) is 11.0. The van der Waals surface area contributed by atoms with Crippen LogP contribution in [0.15, 0.2) is 29.2 Å². The highest BCUT2D eigenvalue weighted by atomic mass is 32.2. The molecule has 4 atom stereocenters. The largest absolute Gasteiger partial charge is 0.240 e. The number of nitrogens with one attached hydrogen (secondary N) is 1. The molecular weight excluding hydrogens is 306 g/mol. The van der Waals surface area contributed by atoms with E-state index >= 15 is 0 Å². The van der Waals surface area contributed by atoms with E-state index in [0.29, 0.717) is 10.8 Å². The van der Waals surface area contributed by atoms with Crippen LogP contribution in [0.2, 0.25) is 0 Å². The summed E-state index contributed by atoms with van der Waals surface area (Å²) in [6.07, 6.45) is 8.46. The van der Waals surface area contributed by atoms with Crippen molar-refractivity contribution in [2.24, 2.45) is 17.8 Å². The van der Waals surface area contributed by atoms with Gasteiger partial charge in [0.15, 0.2) is 0 Å². The third-order valence-electron chi connectivity index (χ3n) is 5.83. The van der Waals surface area contributed by atoms with Gasteiger partial charge in [-0.05, 0) is 74.5 Å². The summed E-state index contributed by atoms with van der Waals surface area (Å²) < 4.78 is 28.2. The molecule has 2 bridgehead atoms. The first-order valence-corrected chi connectivity index (χ1v) is 10.6. The molecule has 0 amide bonds. The number of aryl methyl sites for hydroxylation is 1. The Kier molecular flexibility index (Phi) is 5.12. The Bertz CT molecular complexity index is 623. The second-order valence-electron chi connectivity index (χ2n) is 7.50. The van der Waals surface area contributed by atoms with Gasteiger partial charge in [-0.25, -0.2) is 13.1 Å². The second kappa shape index (κ2) is 6.94. The number of sulfonamides is 1. The zero-order valence-corrected chi connectivity index (χ0v) is 15.1. The zero-order chi connectivity index (χ0) is 16.4. The number of unbranched alkanes of at least 4 members (excludes halogenated alkanes) is 1. The molecule has 0 aliphatic heterocycles. The normalized spacial score (nSPS) is 28.2. The van der Waals surface area contributed by atoms with Gasteiger partial charge >= 0.3 is 0 Å². The smallest absolute Gasteiger partial charge is 0.208 e. The first kappa shape index (κ1) is 17.0. The van der Waals surface area contributed by atoms with Crippen molar-refractivity contribution in [2.45, 2.75) is 69.7 Å². The van der Waals surface area contributed by atoms with Crippen molar-refractivity contribution in [3.8, 4) is 0 Å². The Morgan fingerprint density at radius 2 is 1.91 bits per heavy atom. The molecule has 2 saturated carbocycles. The second-order valence-corrected chi connectivity index (χ2v) is 9.21. The van der Waals surface area contributed by atoms with Gasteiger partial charge in [0.25, 0.3) is 0 Å². The van der Waals surface area contributed by atoms with Gasteiger partial charge in [0.05, 0.1) is 4.90 Å². The zero-order valence-electron chi connectivity index (χ0n) is 14.3. The molecule has 0 heterocycles. The number of benzene rings is 1. The fourth-order valence-electron chi connectivity index (χ4n) is 4.52. The molecule has 23 heavy (non-hydrogen) atoms. The predicted molar refractivity (Wildman–Crippen MR) is 93.8 cm³/mol. The number of rotatable bonds is 7. The van der Waals surface area contributed by atoms with Crippen LogP contribution in [0.1, 0.15) is 57.9 Å². The van der Waals surface area contributed by atoms with Crippen LogP contribution in [-0.2, 0) is 16.4 Å². The number of hydrogen-bond donors (Lipinski definition) is 1. The molecule has 0 radical (unpaired) electrons. The van der Waals surface area contributed by atoms with E-state index in [1.54, 1.807) is 12.1 Å².